The molecule has 1 atom stereocenters. The maximum Gasteiger partial charge on any atom is 0.309 e. The van der Waals surface area contributed by atoms with Crippen LogP contribution >= 0.6 is 0 Å². The lowest BCUT2D eigenvalue weighted by Crippen LogP contribution is -2.43. The van der Waals surface area contributed by atoms with Gasteiger partial charge in [0.25, 0.3) is 0 Å². The van der Waals surface area contributed by atoms with E-state index in [1.54, 1.807) is 4.68 Å². The largest absolute Gasteiger partial charge is 0.363 e. The Morgan fingerprint density at radius 2 is 2.03 bits per heavy atom. The van der Waals surface area contributed by atoms with E-state index in [4.69, 9.17) is 0 Å². The van der Waals surface area contributed by atoms with Crippen LogP contribution in [0.15, 0.2) is 36.4 Å². The predicted octanol–water partition coefficient (Wildman–Crippen LogP) is 1.19. The zero-order valence-corrected chi connectivity index (χ0v) is 17.9. The first-order valence-corrected chi connectivity index (χ1v) is 10.2. The molecule has 10 nitrogen and oxygen atoms in total. The Morgan fingerprint density at radius 1 is 1.26 bits per heavy atom. The summed E-state index contributed by atoms with van der Waals surface area (Å²) in [6.45, 7) is 2.61. The van der Waals surface area contributed by atoms with E-state index in [1.165, 1.54) is 5.01 Å². The lowest BCUT2D eigenvalue weighted by Gasteiger charge is -2.19. The minimum absolute atomic E-state index is 0.0615. The first-order valence-electron chi connectivity index (χ1n) is 10.2. The van der Waals surface area contributed by atoms with Crippen molar-refractivity contribution in [3.8, 4) is 0 Å². The van der Waals surface area contributed by atoms with Crippen LogP contribution in [0.4, 0.5) is 5.82 Å². The second-order valence-electron chi connectivity index (χ2n) is 7.76. The highest BCUT2D eigenvalue weighted by atomic mass is 16.2. The van der Waals surface area contributed by atoms with Gasteiger partial charge in [0.15, 0.2) is 0 Å². The highest BCUT2D eigenvalue weighted by molar-refractivity contribution is 5.90. The van der Waals surface area contributed by atoms with Crippen molar-refractivity contribution in [3.05, 3.63) is 59.3 Å². The molecule has 1 N–H and O–H groups in total. The highest BCUT2D eigenvalue weighted by Gasteiger charge is 2.29. The van der Waals surface area contributed by atoms with Gasteiger partial charge in [-0.15, -0.1) is 5.10 Å². The minimum Gasteiger partial charge on any atom is -0.363 e. The number of hydrazine groups is 1. The van der Waals surface area contributed by atoms with Gasteiger partial charge in [0.2, 0.25) is 12.2 Å². The molecule has 0 saturated heterocycles. The summed E-state index contributed by atoms with van der Waals surface area (Å²) in [6, 6.07) is 12.1. The van der Waals surface area contributed by atoms with Gasteiger partial charge in [-0.1, -0.05) is 30.3 Å². The number of carbonyl (C=O) groups excluding carboxylic acids is 2. The second kappa shape index (κ2) is 8.58. The van der Waals surface area contributed by atoms with Crippen molar-refractivity contribution < 1.29 is 9.59 Å². The molecule has 0 saturated carbocycles. The van der Waals surface area contributed by atoms with Crippen molar-refractivity contribution in [2.45, 2.75) is 32.4 Å². The van der Waals surface area contributed by atoms with Crippen molar-refractivity contribution in [3.63, 3.8) is 0 Å². The van der Waals surface area contributed by atoms with Crippen LogP contribution in [0.2, 0.25) is 0 Å². The van der Waals surface area contributed by atoms with E-state index in [0.717, 1.165) is 35.7 Å². The Hall–Kier alpha value is -3.69. The van der Waals surface area contributed by atoms with Crippen LogP contribution in [0, 0.1) is 6.92 Å². The summed E-state index contributed by atoms with van der Waals surface area (Å²) in [4.78, 5) is 30.5. The molecule has 10 heteroatoms. The van der Waals surface area contributed by atoms with Crippen molar-refractivity contribution in [2.24, 2.45) is 0 Å². The molecule has 2 aromatic heterocycles. The minimum atomic E-state index is -0.509. The third-order valence-corrected chi connectivity index (χ3v) is 5.29. The van der Waals surface area contributed by atoms with Crippen molar-refractivity contribution in [1.82, 2.24) is 35.0 Å². The third-order valence-electron chi connectivity index (χ3n) is 5.29. The van der Waals surface area contributed by atoms with Crippen LogP contribution in [0.25, 0.3) is 0 Å². The van der Waals surface area contributed by atoms with E-state index >= 15 is 0 Å². The van der Waals surface area contributed by atoms with Gasteiger partial charge in [-0.3, -0.25) is 20.0 Å². The summed E-state index contributed by atoms with van der Waals surface area (Å²) in [5.74, 6) is 1.25. The molecule has 3 aromatic rings. The average Bonchev–Trinajstić information content (AvgIpc) is 3.45. The molecule has 1 unspecified atom stereocenters. The molecule has 0 aliphatic carbocycles. The van der Waals surface area contributed by atoms with Crippen molar-refractivity contribution >= 4 is 18.1 Å². The fourth-order valence-electron chi connectivity index (χ4n) is 3.82. The zero-order valence-electron chi connectivity index (χ0n) is 17.9. The number of nitrogens with one attached hydrogen (secondary N) is 1. The Balaban J connectivity index is 1.42. The van der Waals surface area contributed by atoms with Crippen LogP contribution in [0.1, 0.15) is 40.2 Å². The number of fused-ring (bicyclic) bond motifs is 1. The summed E-state index contributed by atoms with van der Waals surface area (Å²) in [6.07, 6.45) is 2.24. The number of anilines is 1. The van der Waals surface area contributed by atoms with E-state index < -0.39 is 5.91 Å². The monoisotopic (exact) mass is 422 g/mol. The molecule has 0 spiro atoms. The number of hydrogen-bond donors (Lipinski definition) is 1. The van der Waals surface area contributed by atoms with Gasteiger partial charge >= 0.3 is 5.91 Å². The smallest absolute Gasteiger partial charge is 0.309 e. The summed E-state index contributed by atoms with van der Waals surface area (Å²) < 4.78 is 3.61. The van der Waals surface area contributed by atoms with E-state index in [1.807, 2.05) is 67.0 Å². The van der Waals surface area contributed by atoms with E-state index in [0.29, 0.717) is 13.0 Å². The zero-order chi connectivity index (χ0) is 22.0. The molecule has 162 valence electrons. The van der Waals surface area contributed by atoms with Crippen LogP contribution in [-0.4, -0.2) is 62.5 Å². The number of amides is 2. The Bertz CT molecular complexity index is 1070. The average molecular weight is 422 g/mol. The maximum atomic E-state index is 12.7. The van der Waals surface area contributed by atoms with Gasteiger partial charge < -0.3 is 4.90 Å². The lowest BCUT2D eigenvalue weighted by molar-refractivity contribution is -0.120. The number of aryl methyl sites for hydroxylation is 2. The quantitative estimate of drug-likeness (QED) is 0.432. The van der Waals surface area contributed by atoms with Gasteiger partial charge in [0, 0.05) is 26.6 Å². The van der Waals surface area contributed by atoms with Crippen molar-refractivity contribution in [1.29, 1.82) is 0 Å². The SMILES string of the molecule is Cc1cc(N(C)C)n(CCN(C=O)NC(=O)c2nc3n(n2)C(c2ccccc2)CC3)n1. The molecule has 1 aliphatic heterocycles. The number of nitrogens with zero attached hydrogens (tertiary/aromatic N) is 7. The number of hydrogen-bond acceptors (Lipinski definition) is 6. The second-order valence-corrected chi connectivity index (χ2v) is 7.76. The summed E-state index contributed by atoms with van der Waals surface area (Å²) in [7, 11) is 3.86. The molecule has 1 aromatic carbocycles. The molecule has 2 amide bonds. The van der Waals surface area contributed by atoms with Crippen LogP contribution in [-0.2, 0) is 17.8 Å². The first kappa shape index (κ1) is 20.6. The van der Waals surface area contributed by atoms with Crippen LogP contribution in [0.3, 0.4) is 0 Å². The normalized spacial score (nSPS) is 14.9. The van der Waals surface area contributed by atoms with Gasteiger partial charge in [-0.2, -0.15) is 5.10 Å². The molecule has 4 rings (SSSR count). The number of aromatic nitrogens is 5. The summed E-state index contributed by atoms with van der Waals surface area (Å²) >= 11 is 0. The Labute approximate surface area is 180 Å². The van der Waals surface area contributed by atoms with E-state index in [9.17, 15) is 9.59 Å². The first-order chi connectivity index (χ1) is 15.0. The molecule has 1 aliphatic rings. The standard InChI is InChI=1S/C21H26N8O2/c1-15-13-19(26(2)3)28(23-15)12-11-27(14-30)25-21(31)20-22-18-10-9-17(29(18)24-20)16-7-5-4-6-8-16/h4-8,13-14,17H,9-12H2,1-3H3,(H,25,31). The topological polar surface area (TPSA) is 101 Å². The molecular weight excluding hydrogens is 396 g/mol. The van der Waals surface area contributed by atoms with Gasteiger partial charge in [-0.25, -0.2) is 14.3 Å². The molecule has 0 fully saturated rings. The van der Waals surface area contributed by atoms with Crippen LogP contribution < -0.4 is 10.3 Å². The third kappa shape index (κ3) is 4.27. The van der Waals surface area contributed by atoms with Crippen LogP contribution in [0.5, 0.6) is 0 Å². The van der Waals surface area contributed by atoms with Gasteiger partial charge in [-0.05, 0) is 18.9 Å². The molecule has 0 radical (unpaired) electrons. The predicted molar refractivity (Wildman–Crippen MR) is 114 cm³/mol. The number of rotatable bonds is 8. The van der Waals surface area contributed by atoms with Gasteiger partial charge in [0.1, 0.15) is 11.6 Å². The lowest BCUT2D eigenvalue weighted by atomic mass is 10.1. The molecule has 31 heavy (non-hydrogen) atoms. The summed E-state index contributed by atoms with van der Waals surface area (Å²) in [5, 5.41) is 10.1. The Morgan fingerprint density at radius 3 is 2.74 bits per heavy atom. The summed E-state index contributed by atoms with van der Waals surface area (Å²) in [5.41, 5.74) is 4.61. The van der Waals surface area contributed by atoms with E-state index in [2.05, 4.69) is 20.6 Å². The molecular formula is C21H26N8O2. The fraction of sp³-hybridized carbons (Fsp3) is 0.381. The van der Waals surface area contributed by atoms with Crippen molar-refractivity contribution in [2.75, 3.05) is 25.5 Å². The number of carbonyl (C=O) groups is 2. The number of benzene rings is 1. The Kier molecular flexibility index (Phi) is 5.70. The molecule has 3 heterocycles. The highest BCUT2D eigenvalue weighted by Crippen LogP contribution is 2.30. The maximum absolute atomic E-state index is 12.7. The van der Waals surface area contributed by atoms with Gasteiger partial charge in [0.05, 0.1) is 24.8 Å². The fourth-order valence-corrected chi connectivity index (χ4v) is 3.82. The van der Waals surface area contributed by atoms with E-state index in [-0.39, 0.29) is 18.4 Å². The molecule has 0 bridgehead atoms.